The molecule has 3 nitrogen and oxygen atoms in total. The SMILES string of the molecule is C=CC1=C(P(=O)(O)O)S(=S)C=C1. The average Bonchev–Trinajstić information content (AvgIpc) is 2.29. The predicted octanol–water partition coefficient (Wildman–Crippen LogP) is 1.17. The summed E-state index contributed by atoms with van der Waals surface area (Å²) in [5.74, 6) is 0. The lowest BCUT2D eigenvalue weighted by molar-refractivity contribution is 0.385. The first-order valence-electron chi connectivity index (χ1n) is 2.98. The molecule has 0 saturated carbocycles. The van der Waals surface area contributed by atoms with Crippen LogP contribution in [0.3, 0.4) is 0 Å². The lowest BCUT2D eigenvalue weighted by Crippen LogP contribution is -1.89. The van der Waals surface area contributed by atoms with Gasteiger partial charge in [-0.05, 0) is 28.2 Å². The first-order valence-corrected chi connectivity index (χ1v) is 6.81. The molecule has 0 bridgehead atoms. The molecule has 66 valence electrons. The van der Waals surface area contributed by atoms with Gasteiger partial charge in [-0.1, -0.05) is 22.1 Å². The van der Waals surface area contributed by atoms with Gasteiger partial charge < -0.3 is 9.79 Å². The molecule has 1 atom stereocenters. The molecule has 12 heavy (non-hydrogen) atoms. The Morgan fingerprint density at radius 2 is 2.25 bits per heavy atom. The molecular weight excluding hydrogens is 215 g/mol. The van der Waals surface area contributed by atoms with Gasteiger partial charge in [0.05, 0.1) is 0 Å². The van der Waals surface area contributed by atoms with Crippen LogP contribution in [0, 0.1) is 0 Å². The second-order valence-corrected chi connectivity index (χ2v) is 6.30. The average molecular weight is 222 g/mol. The maximum absolute atomic E-state index is 10.9. The minimum absolute atomic E-state index is 0.0208. The van der Waals surface area contributed by atoms with Gasteiger partial charge in [-0.2, -0.15) is 0 Å². The fourth-order valence-electron chi connectivity index (χ4n) is 0.828. The van der Waals surface area contributed by atoms with E-state index in [-0.39, 0.29) is 4.65 Å². The topological polar surface area (TPSA) is 57.5 Å². The van der Waals surface area contributed by atoms with Crippen LogP contribution in [0.15, 0.2) is 34.4 Å². The van der Waals surface area contributed by atoms with Crippen LogP contribution in [-0.2, 0) is 25.2 Å². The summed E-state index contributed by atoms with van der Waals surface area (Å²) < 4.78 is 10.9. The van der Waals surface area contributed by atoms with Gasteiger partial charge in [0.25, 0.3) is 0 Å². The van der Waals surface area contributed by atoms with Crippen molar-refractivity contribution in [2.75, 3.05) is 0 Å². The minimum atomic E-state index is -4.19. The Bertz CT molecular complexity index is 350. The van der Waals surface area contributed by atoms with Crippen molar-refractivity contribution >= 4 is 28.2 Å². The van der Waals surface area contributed by atoms with Crippen molar-refractivity contribution in [3.8, 4) is 0 Å². The van der Waals surface area contributed by atoms with E-state index in [1.165, 1.54) is 6.08 Å². The zero-order valence-corrected chi connectivity index (χ0v) is 8.53. The standard InChI is InChI=1S/C6H7O3PS2/c1-2-5-3-4-12(11)6(5)10(7,8)9/h2-4H,1H2,(H2,7,8,9). The van der Waals surface area contributed by atoms with Gasteiger partial charge in [0.15, 0.2) is 0 Å². The van der Waals surface area contributed by atoms with Gasteiger partial charge in [0.2, 0.25) is 0 Å². The third-order valence-electron chi connectivity index (χ3n) is 1.29. The third-order valence-corrected chi connectivity index (χ3v) is 5.59. The highest BCUT2D eigenvalue weighted by Crippen LogP contribution is 2.51. The summed E-state index contributed by atoms with van der Waals surface area (Å²) in [4.78, 5) is 17.8. The quantitative estimate of drug-likeness (QED) is 0.688. The summed E-state index contributed by atoms with van der Waals surface area (Å²) in [6.45, 7) is 3.45. The van der Waals surface area contributed by atoms with Crippen LogP contribution in [0.5, 0.6) is 0 Å². The largest absolute Gasteiger partial charge is 0.363 e. The van der Waals surface area contributed by atoms with Gasteiger partial charge in [-0.25, -0.2) is 0 Å². The van der Waals surface area contributed by atoms with Crippen molar-refractivity contribution in [2.45, 2.75) is 0 Å². The molecule has 0 fully saturated rings. The highest BCUT2D eigenvalue weighted by atomic mass is 32.8. The van der Waals surface area contributed by atoms with Crippen molar-refractivity contribution in [1.82, 2.24) is 0 Å². The molecule has 1 unspecified atom stereocenters. The molecule has 0 spiro atoms. The predicted molar refractivity (Wildman–Crippen MR) is 53.1 cm³/mol. The van der Waals surface area contributed by atoms with Crippen molar-refractivity contribution in [3.63, 3.8) is 0 Å². The Morgan fingerprint density at radius 1 is 1.67 bits per heavy atom. The maximum atomic E-state index is 10.9. The Morgan fingerprint density at radius 3 is 2.58 bits per heavy atom. The Kier molecular flexibility index (Phi) is 2.81. The van der Waals surface area contributed by atoms with Crippen LogP contribution in [-0.4, -0.2) is 9.79 Å². The normalized spacial score (nSPS) is 23.3. The molecule has 0 amide bonds. The van der Waals surface area contributed by atoms with E-state index in [4.69, 9.17) is 21.0 Å². The van der Waals surface area contributed by atoms with E-state index >= 15 is 0 Å². The molecule has 1 aliphatic heterocycles. The highest BCUT2D eigenvalue weighted by molar-refractivity contribution is 8.35. The monoisotopic (exact) mass is 222 g/mol. The first kappa shape index (κ1) is 10.0. The van der Waals surface area contributed by atoms with Crippen molar-refractivity contribution in [1.29, 1.82) is 0 Å². The molecule has 2 N–H and O–H groups in total. The highest BCUT2D eigenvalue weighted by Gasteiger charge is 2.28. The number of allylic oxidation sites excluding steroid dienone is 3. The van der Waals surface area contributed by atoms with Crippen LogP contribution in [0.1, 0.15) is 0 Å². The molecule has 6 heteroatoms. The molecule has 0 aromatic heterocycles. The molecule has 0 aliphatic carbocycles. The maximum Gasteiger partial charge on any atom is 0.363 e. The molecule has 1 aliphatic rings. The van der Waals surface area contributed by atoms with E-state index in [2.05, 4.69) is 6.58 Å². The number of rotatable bonds is 2. The molecule has 0 aromatic rings. The summed E-state index contributed by atoms with van der Waals surface area (Å²) in [5.41, 5.74) is 0.460. The van der Waals surface area contributed by atoms with Gasteiger partial charge in [0.1, 0.15) is 4.65 Å². The Balaban J connectivity index is 3.28. The summed E-state index contributed by atoms with van der Waals surface area (Å²) in [5, 5.41) is 1.60. The van der Waals surface area contributed by atoms with E-state index in [9.17, 15) is 4.57 Å². The van der Waals surface area contributed by atoms with Crippen molar-refractivity contribution < 1.29 is 14.4 Å². The number of hydrogen-bond acceptors (Lipinski definition) is 2. The van der Waals surface area contributed by atoms with E-state index in [1.807, 2.05) is 0 Å². The lowest BCUT2D eigenvalue weighted by Gasteiger charge is -2.06. The Hall–Kier alpha value is -0.0600. The van der Waals surface area contributed by atoms with Crippen molar-refractivity contribution in [3.05, 3.63) is 34.4 Å². The van der Waals surface area contributed by atoms with Gasteiger partial charge in [-0.3, -0.25) is 4.57 Å². The van der Waals surface area contributed by atoms with E-state index < -0.39 is 17.1 Å². The summed E-state index contributed by atoms with van der Waals surface area (Å²) in [6, 6.07) is 0. The molecule has 0 aromatic carbocycles. The second-order valence-electron chi connectivity index (χ2n) is 2.11. The first-order chi connectivity index (χ1) is 5.46. The summed E-state index contributed by atoms with van der Waals surface area (Å²) >= 11 is 4.86. The van der Waals surface area contributed by atoms with Crippen LogP contribution in [0.4, 0.5) is 0 Å². The second kappa shape index (κ2) is 3.36. The third kappa shape index (κ3) is 1.81. The van der Waals surface area contributed by atoms with Gasteiger partial charge >= 0.3 is 7.60 Å². The minimum Gasteiger partial charge on any atom is -0.321 e. The van der Waals surface area contributed by atoms with E-state index in [1.54, 1.807) is 11.5 Å². The molecule has 0 radical (unpaired) electrons. The fraction of sp³-hybridized carbons (Fsp3) is 0. The molecular formula is C6H7O3PS2. The van der Waals surface area contributed by atoms with Crippen LogP contribution in [0.25, 0.3) is 0 Å². The summed E-state index contributed by atoms with van der Waals surface area (Å²) in [7, 11) is -5.05. The molecule has 1 heterocycles. The lowest BCUT2D eigenvalue weighted by atomic mass is 10.3. The van der Waals surface area contributed by atoms with Crippen LogP contribution >= 0.6 is 7.60 Å². The zero-order chi connectivity index (χ0) is 9.35. The van der Waals surface area contributed by atoms with Crippen LogP contribution in [0.2, 0.25) is 0 Å². The smallest absolute Gasteiger partial charge is 0.321 e. The summed E-state index contributed by atoms with van der Waals surface area (Å²) in [6.07, 6.45) is 3.00. The molecule has 0 saturated heterocycles. The number of hydrogen-bond donors (Lipinski definition) is 2. The van der Waals surface area contributed by atoms with Crippen LogP contribution < -0.4 is 0 Å². The Labute approximate surface area is 77.2 Å². The van der Waals surface area contributed by atoms with E-state index in [0.29, 0.717) is 5.57 Å². The molecule has 1 rings (SSSR count). The fourth-order valence-corrected chi connectivity index (χ4v) is 4.56. The zero-order valence-electron chi connectivity index (χ0n) is 6.01. The van der Waals surface area contributed by atoms with E-state index in [0.717, 1.165) is 0 Å². The van der Waals surface area contributed by atoms with Gasteiger partial charge in [-0.15, -0.1) is 0 Å². The van der Waals surface area contributed by atoms with Crippen molar-refractivity contribution in [2.24, 2.45) is 0 Å². The van der Waals surface area contributed by atoms with Gasteiger partial charge in [0, 0.05) is 0 Å².